The van der Waals surface area contributed by atoms with Crippen LogP contribution in [0.2, 0.25) is 0 Å². The fraction of sp³-hybridized carbons (Fsp3) is 0.133. The summed E-state index contributed by atoms with van der Waals surface area (Å²) in [4.78, 5) is 10.6. The molecule has 0 aliphatic carbocycles. The number of benzene rings is 2. The number of nitrogens with two attached hydrogens (primary N) is 1. The summed E-state index contributed by atoms with van der Waals surface area (Å²) in [6, 6.07) is 13.2. The Labute approximate surface area is 110 Å². The van der Waals surface area contributed by atoms with E-state index in [1.807, 2.05) is 30.3 Å². The van der Waals surface area contributed by atoms with Crippen LogP contribution in [0.15, 0.2) is 48.5 Å². The number of aliphatic carboxylic acids is 1. The molecule has 2 aromatic carbocycles. The molecule has 0 fully saturated rings. The molecule has 1 atom stereocenters. The Morgan fingerprint density at radius 3 is 2.47 bits per heavy atom. The summed E-state index contributed by atoms with van der Waals surface area (Å²) in [5.74, 6) is -1.52. The minimum absolute atomic E-state index is 0.226. The van der Waals surface area contributed by atoms with Gasteiger partial charge in [0.15, 0.2) is 0 Å². The van der Waals surface area contributed by atoms with Crippen LogP contribution < -0.4 is 5.73 Å². The van der Waals surface area contributed by atoms with Crippen molar-refractivity contribution < 1.29 is 14.3 Å². The van der Waals surface area contributed by atoms with Gasteiger partial charge in [0.1, 0.15) is 5.82 Å². The summed E-state index contributed by atoms with van der Waals surface area (Å²) in [7, 11) is 0. The topological polar surface area (TPSA) is 63.3 Å². The van der Waals surface area contributed by atoms with E-state index >= 15 is 0 Å². The molecule has 98 valence electrons. The molecule has 0 spiro atoms. The van der Waals surface area contributed by atoms with Gasteiger partial charge >= 0.3 is 5.97 Å². The van der Waals surface area contributed by atoms with E-state index in [-0.39, 0.29) is 12.0 Å². The highest BCUT2D eigenvalue weighted by Crippen LogP contribution is 2.25. The average Bonchev–Trinajstić information content (AvgIpc) is 2.39. The lowest BCUT2D eigenvalue weighted by atomic mass is 9.98. The molecule has 0 heterocycles. The minimum Gasteiger partial charge on any atom is -0.481 e. The summed E-state index contributed by atoms with van der Waals surface area (Å²) in [6.45, 7) is 0. The zero-order valence-corrected chi connectivity index (χ0v) is 10.2. The summed E-state index contributed by atoms with van der Waals surface area (Å²) in [5, 5.41) is 8.72. The SMILES string of the molecule is N[C@@H](CC(=O)O)c1cc(-c2ccccc2)ccc1F. The molecule has 0 saturated carbocycles. The van der Waals surface area contributed by atoms with Crippen molar-refractivity contribution >= 4 is 5.97 Å². The molecule has 19 heavy (non-hydrogen) atoms. The van der Waals surface area contributed by atoms with Crippen LogP contribution in [0.1, 0.15) is 18.0 Å². The maximum absolute atomic E-state index is 13.7. The molecular weight excluding hydrogens is 245 g/mol. The second-order valence-corrected chi connectivity index (χ2v) is 4.31. The molecule has 4 heteroatoms. The lowest BCUT2D eigenvalue weighted by Gasteiger charge is -2.12. The molecule has 0 radical (unpaired) electrons. The number of hydrogen-bond donors (Lipinski definition) is 2. The lowest BCUT2D eigenvalue weighted by Crippen LogP contribution is -2.16. The fourth-order valence-electron chi connectivity index (χ4n) is 1.94. The highest BCUT2D eigenvalue weighted by molar-refractivity contribution is 5.69. The first-order chi connectivity index (χ1) is 9.08. The maximum atomic E-state index is 13.7. The number of halogens is 1. The molecule has 3 nitrogen and oxygen atoms in total. The van der Waals surface area contributed by atoms with Gasteiger partial charge in [0, 0.05) is 11.6 Å². The summed E-state index contributed by atoms with van der Waals surface area (Å²) < 4.78 is 13.7. The van der Waals surface area contributed by atoms with Gasteiger partial charge < -0.3 is 10.8 Å². The van der Waals surface area contributed by atoms with Gasteiger partial charge in [0.05, 0.1) is 6.42 Å². The molecule has 2 aromatic rings. The monoisotopic (exact) mass is 259 g/mol. The highest BCUT2D eigenvalue weighted by Gasteiger charge is 2.15. The third-order valence-electron chi connectivity index (χ3n) is 2.90. The minimum atomic E-state index is -1.04. The number of hydrogen-bond acceptors (Lipinski definition) is 2. The van der Waals surface area contributed by atoms with Crippen molar-refractivity contribution in [2.24, 2.45) is 5.73 Å². The van der Waals surface area contributed by atoms with Crippen LogP contribution in [0.5, 0.6) is 0 Å². The first-order valence-electron chi connectivity index (χ1n) is 5.90. The van der Waals surface area contributed by atoms with Gasteiger partial charge in [0.2, 0.25) is 0 Å². The largest absolute Gasteiger partial charge is 0.481 e. The van der Waals surface area contributed by atoms with Crippen LogP contribution in [0.4, 0.5) is 4.39 Å². The fourth-order valence-corrected chi connectivity index (χ4v) is 1.94. The predicted molar refractivity (Wildman–Crippen MR) is 71.0 cm³/mol. The Hall–Kier alpha value is -2.20. The molecule has 0 unspecified atom stereocenters. The molecule has 0 bridgehead atoms. The van der Waals surface area contributed by atoms with Crippen molar-refractivity contribution in [1.29, 1.82) is 0 Å². The quantitative estimate of drug-likeness (QED) is 0.887. The van der Waals surface area contributed by atoms with E-state index in [0.717, 1.165) is 11.1 Å². The predicted octanol–water partition coefficient (Wildman–Crippen LogP) is 2.97. The molecule has 0 amide bonds. The number of carbonyl (C=O) groups is 1. The van der Waals surface area contributed by atoms with Crippen molar-refractivity contribution in [1.82, 2.24) is 0 Å². The van der Waals surface area contributed by atoms with Crippen LogP contribution in [0, 0.1) is 5.82 Å². The molecule has 0 aliphatic rings. The van der Waals surface area contributed by atoms with Crippen molar-refractivity contribution in [3.8, 4) is 11.1 Å². The third kappa shape index (κ3) is 3.17. The van der Waals surface area contributed by atoms with E-state index in [0.29, 0.717) is 0 Å². The average molecular weight is 259 g/mol. The molecule has 2 rings (SSSR count). The van der Waals surface area contributed by atoms with Crippen LogP contribution in [0.3, 0.4) is 0 Å². The van der Waals surface area contributed by atoms with E-state index in [4.69, 9.17) is 10.8 Å². The highest BCUT2D eigenvalue weighted by atomic mass is 19.1. The summed E-state index contributed by atoms with van der Waals surface area (Å²) in [6.07, 6.45) is -0.296. The van der Waals surface area contributed by atoms with Crippen LogP contribution in [0.25, 0.3) is 11.1 Å². The zero-order chi connectivity index (χ0) is 13.8. The summed E-state index contributed by atoms with van der Waals surface area (Å²) >= 11 is 0. The van der Waals surface area contributed by atoms with Gasteiger partial charge in [0.25, 0.3) is 0 Å². The van der Waals surface area contributed by atoms with Crippen molar-refractivity contribution in [2.75, 3.05) is 0 Å². The Bertz CT molecular complexity index is 584. The Morgan fingerprint density at radius 1 is 1.16 bits per heavy atom. The van der Waals surface area contributed by atoms with E-state index in [1.54, 1.807) is 12.1 Å². The maximum Gasteiger partial charge on any atom is 0.305 e. The lowest BCUT2D eigenvalue weighted by molar-refractivity contribution is -0.137. The van der Waals surface area contributed by atoms with E-state index < -0.39 is 17.8 Å². The van der Waals surface area contributed by atoms with E-state index in [9.17, 15) is 9.18 Å². The third-order valence-corrected chi connectivity index (χ3v) is 2.90. The first-order valence-corrected chi connectivity index (χ1v) is 5.90. The molecule has 0 saturated heterocycles. The van der Waals surface area contributed by atoms with Crippen LogP contribution in [-0.4, -0.2) is 11.1 Å². The van der Waals surface area contributed by atoms with E-state index in [1.165, 1.54) is 6.07 Å². The van der Waals surface area contributed by atoms with Gasteiger partial charge in [-0.2, -0.15) is 0 Å². The van der Waals surface area contributed by atoms with Gasteiger partial charge in [-0.15, -0.1) is 0 Å². The molecule has 3 N–H and O–H groups in total. The zero-order valence-electron chi connectivity index (χ0n) is 10.2. The van der Waals surface area contributed by atoms with Gasteiger partial charge in [-0.3, -0.25) is 4.79 Å². The van der Waals surface area contributed by atoms with Crippen LogP contribution >= 0.6 is 0 Å². The van der Waals surface area contributed by atoms with Gasteiger partial charge in [-0.1, -0.05) is 36.4 Å². The van der Waals surface area contributed by atoms with Crippen LogP contribution in [-0.2, 0) is 4.79 Å². The second-order valence-electron chi connectivity index (χ2n) is 4.31. The molecular formula is C15H14FNO2. The Morgan fingerprint density at radius 2 is 1.84 bits per heavy atom. The van der Waals surface area contributed by atoms with Crippen molar-refractivity contribution in [3.63, 3.8) is 0 Å². The van der Waals surface area contributed by atoms with Crippen molar-refractivity contribution in [2.45, 2.75) is 12.5 Å². The number of carboxylic acid groups (broad SMARTS) is 1. The normalized spacial score (nSPS) is 12.1. The Kier molecular flexibility index (Phi) is 3.92. The smallest absolute Gasteiger partial charge is 0.305 e. The van der Waals surface area contributed by atoms with Gasteiger partial charge in [-0.25, -0.2) is 4.39 Å². The Balaban J connectivity index is 2.37. The van der Waals surface area contributed by atoms with Gasteiger partial charge in [-0.05, 0) is 23.3 Å². The number of carboxylic acids is 1. The summed E-state index contributed by atoms with van der Waals surface area (Å²) in [5.41, 5.74) is 7.70. The molecule has 0 aromatic heterocycles. The van der Waals surface area contributed by atoms with E-state index in [2.05, 4.69) is 0 Å². The van der Waals surface area contributed by atoms with Crippen molar-refractivity contribution in [3.05, 3.63) is 59.9 Å². The standard InChI is InChI=1S/C15H14FNO2/c16-13-7-6-11(10-4-2-1-3-5-10)8-12(13)14(17)9-15(18)19/h1-8,14H,9,17H2,(H,18,19)/t14-/m0/s1. The molecule has 0 aliphatic heterocycles. The second kappa shape index (κ2) is 5.63. The first kappa shape index (κ1) is 13.2. The number of rotatable bonds is 4.